The summed E-state index contributed by atoms with van der Waals surface area (Å²) in [7, 11) is 0. The van der Waals surface area contributed by atoms with Gasteiger partial charge in [0.05, 0.1) is 16.9 Å². The SMILES string of the molecule is O=[N+]([O-])c1ccccc1C1=NOC(O)C1. The Morgan fingerprint density at radius 1 is 1.53 bits per heavy atom. The first kappa shape index (κ1) is 9.60. The van der Waals surface area contributed by atoms with Crippen molar-refractivity contribution in [3.8, 4) is 0 Å². The van der Waals surface area contributed by atoms with Crippen LogP contribution in [-0.2, 0) is 4.84 Å². The van der Waals surface area contributed by atoms with Crippen LogP contribution in [0.1, 0.15) is 12.0 Å². The first-order valence-electron chi connectivity index (χ1n) is 4.33. The Kier molecular flexibility index (Phi) is 2.34. The van der Waals surface area contributed by atoms with Gasteiger partial charge in [-0.15, -0.1) is 0 Å². The van der Waals surface area contributed by atoms with Crippen molar-refractivity contribution in [1.82, 2.24) is 0 Å². The third kappa shape index (κ3) is 1.79. The minimum Gasteiger partial charge on any atom is -0.363 e. The zero-order valence-electron chi connectivity index (χ0n) is 7.66. The third-order valence-corrected chi connectivity index (χ3v) is 2.06. The summed E-state index contributed by atoms with van der Waals surface area (Å²) in [6.45, 7) is 0. The number of aliphatic hydroxyl groups excluding tert-OH is 1. The van der Waals surface area contributed by atoms with Crippen LogP contribution >= 0.6 is 0 Å². The lowest BCUT2D eigenvalue weighted by atomic mass is 10.1. The van der Waals surface area contributed by atoms with Gasteiger partial charge in [-0.2, -0.15) is 0 Å². The molecule has 2 rings (SSSR count). The van der Waals surface area contributed by atoms with E-state index in [-0.39, 0.29) is 12.1 Å². The van der Waals surface area contributed by atoms with Gasteiger partial charge in [-0.25, -0.2) is 0 Å². The predicted molar refractivity (Wildman–Crippen MR) is 51.3 cm³/mol. The number of hydrogen-bond donors (Lipinski definition) is 1. The maximum Gasteiger partial charge on any atom is 0.278 e. The van der Waals surface area contributed by atoms with Crippen molar-refractivity contribution >= 4 is 11.4 Å². The molecule has 0 aliphatic carbocycles. The highest BCUT2D eigenvalue weighted by molar-refractivity contribution is 6.04. The Hall–Kier alpha value is -1.95. The molecular formula is C9H8N2O4. The summed E-state index contributed by atoms with van der Waals surface area (Å²) in [6, 6.07) is 6.23. The Bertz CT molecular complexity index is 430. The normalized spacial score (nSPS) is 19.5. The van der Waals surface area contributed by atoms with Gasteiger partial charge >= 0.3 is 0 Å². The molecule has 1 aromatic rings. The molecule has 1 aromatic carbocycles. The summed E-state index contributed by atoms with van der Waals surface area (Å²) in [5.41, 5.74) is 0.753. The van der Waals surface area contributed by atoms with Crippen LogP contribution in [0.25, 0.3) is 0 Å². The number of para-hydroxylation sites is 1. The molecular weight excluding hydrogens is 200 g/mol. The molecule has 0 spiro atoms. The molecule has 1 unspecified atom stereocenters. The summed E-state index contributed by atoms with van der Waals surface area (Å²) in [5.74, 6) is 0. The Morgan fingerprint density at radius 2 is 2.27 bits per heavy atom. The predicted octanol–water partition coefficient (Wildman–Crippen LogP) is 1.04. The standard InChI is InChI=1S/C9H8N2O4/c12-9-5-7(10-15-9)6-3-1-2-4-8(6)11(13)14/h1-4,9,12H,5H2. The van der Waals surface area contributed by atoms with Gasteiger partial charge in [0.2, 0.25) is 6.29 Å². The fourth-order valence-corrected chi connectivity index (χ4v) is 1.40. The Labute approximate surface area is 84.9 Å². The van der Waals surface area contributed by atoms with E-state index in [2.05, 4.69) is 9.99 Å². The third-order valence-electron chi connectivity index (χ3n) is 2.06. The van der Waals surface area contributed by atoms with Gasteiger partial charge in [0.1, 0.15) is 5.71 Å². The van der Waals surface area contributed by atoms with Crippen LogP contribution in [0, 0.1) is 10.1 Å². The highest BCUT2D eigenvalue weighted by Gasteiger charge is 2.25. The van der Waals surface area contributed by atoms with Crippen LogP contribution < -0.4 is 0 Å². The average molecular weight is 208 g/mol. The number of nitro groups is 1. The lowest BCUT2D eigenvalue weighted by Crippen LogP contribution is -2.08. The molecule has 1 N–H and O–H groups in total. The zero-order chi connectivity index (χ0) is 10.8. The minimum absolute atomic E-state index is 0.0334. The lowest BCUT2D eigenvalue weighted by molar-refractivity contribution is -0.385. The zero-order valence-corrected chi connectivity index (χ0v) is 7.66. The Balaban J connectivity index is 2.40. The van der Waals surface area contributed by atoms with E-state index in [1.165, 1.54) is 6.07 Å². The highest BCUT2D eigenvalue weighted by atomic mass is 16.7. The van der Waals surface area contributed by atoms with Gasteiger partial charge in [-0.1, -0.05) is 17.3 Å². The van der Waals surface area contributed by atoms with Crippen molar-refractivity contribution in [1.29, 1.82) is 0 Å². The molecule has 0 saturated heterocycles. The number of oxime groups is 1. The van der Waals surface area contributed by atoms with Crippen LogP contribution in [0.2, 0.25) is 0 Å². The summed E-state index contributed by atoms with van der Waals surface area (Å²) in [4.78, 5) is 14.8. The topological polar surface area (TPSA) is 85.0 Å². The molecule has 6 heteroatoms. The van der Waals surface area contributed by atoms with Gasteiger partial charge in [0, 0.05) is 6.07 Å². The van der Waals surface area contributed by atoms with E-state index in [4.69, 9.17) is 5.11 Å². The van der Waals surface area contributed by atoms with Crippen LogP contribution in [0.3, 0.4) is 0 Å². The molecule has 1 atom stereocenters. The Morgan fingerprint density at radius 3 is 2.87 bits per heavy atom. The molecule has 78 valence electrons. The van der Waals surface area contributed by atoms with E-state index in [1.807, 2.05) is 0 Å². The van der Waals surface area contributed by atoms with Gasteiger partial charge in [0.15, 0.2) is 0 Å². The summed E-state index contributed by atoms with van der Waals surface area (Å²) >= 11 is 0. The van der Waals surface area contributed by atoms with Crippen LogP contribution in [0.4, 0.5) is 5.69 Å². The lowest BCUT2D eigenvalue weighted by Gasteiger charge is -1.99. The first-order valence-corrected chi connectivity index (χ1v) is 4.33. The average Bonchev–Trinajstić information content (AvgIpc) is 2.65. The summed E-state index contributed by atoms with van der Waals surface area (Å²) in [6.07, 6.45) is -0.829. The van der Waals surface area contributed by atoms with Crippen LogP contribution in [0.5, 0.6) is 0 Å². The largest absolute Gasteiger partial charge is 0.363 e. The number of nitro benzene ring substituents is 1. The first-order chi connectivity index (χ1) is 7.18. The fourth-order valence-electron chi connectivity index (χ4n) is 1.40. The second kappa shape index (κ2) is 3.66. The molecule has 0 aromatic heterocycles. The molecule has 6 nitrogen and oxygen atoms in total. The maximum atomic E-state index is 10.7. The van der Waals surface area contributed by atoms with E-state index >= 15 is 0 Å². The van der Waals surface area contributed by atoms with Crippen molar-refractivity contribution in [2.75, 3.05) is 0 Å². The number of rotatable bonds is 2. The second-order valence-electron chi connectivity index (χ2n) is 3.08. The number of hydrogen-bond acceptors (Lipinski definition) is 5. The van der Waals surface area contributed by atoms with Crippen LogP contribution in [-0.4, -0.2) is 22.0 Å². The molecule has 0 fully saturated rings. The van der Waals surface area contributed by atoms with E-state index in [0.29, 0.717) is 11.3 Å². The second-order valence-corrected chi connectivity index (χ2v) is 3.08. The van der Waals surface area contributed by atoms with Gasteiger partial charge in [-0.05, 0) is 6.07 Å². The molecule has 1 aliphatic rings. The number of nitrogens with zero attached hydrogens (tertiary/aromatic N) is 2. The van der Waals surface area contributed by atoms with E-state index in [1.54, 1.807) is 18.2 Å². The van der Waals surface area contributed by atoms with Crippen molar-refractivity contribution in [2.24, 2.45) is 5.16 Å². The molecule has 0 saturated carbocycles. The maximum absolute atomic E-state index is 10.7. The summed E-state index contributed by atoms with van der Waals surface area (Å²) < 4.78 is 0. The molecule has 1 heterocycles. The van der Waals surface area contributed by atoms with E-state index in [0.717, 1.165) is 0 Å². The quantitative estimate of drug-likeness (QED) is 0.581. The van der Waals surface area contributed by atoms with Gasteiger partial charge in [-0.3, -0.25) is 10.1 Å². The smallest absolute Gasteiger partial charge is 0.278 e. The van der Waals surface area contributed by atoms with Crippen LogP contribution in [0.15, 0.2) is 29.4 Å². The van der Waals surface area contributed by atoms with E-state index in [9.17, 15) is 10.1 Å². The highest BCUT2D eigenvalue weighted by Crippen LogP contribution is 2.23. The minimum atomic E-state index is -1.00. The number of benzene rings is 1. The molecule has 0 amide bonds. The van der Waals surface area contributed by atoms with Gasteiger partial charge in [0.25, 0.3) is 5.69 Å². The van der Waals surface area contributed by atoms with Crippen molar-refractivity contribution < 1.29 is 14.9 Å². The van der Waals surface area contributed by atoms with E-state index < -0.39 is 11.2 Å². The molecule has 15 heavy (non-hydrogen) atoms. The molecule has 0 radical (unpaired) electrons. The van der Waals surface area contributed by atoms with Crippen molar-refractivity contribution in [2.45, 2.75) is 12.7 Å². The number of aliphatic hydroxyl groups is 1. The summed E-state index contributed by atoms with van der Waals surface area (Å²) in [5, 5.41) is 23.4. The fraction of sp³-hybridized carbons (Fsp3) is 0.222. The monoisotopic (exact) mass is 208 g/mol. The molecule has 0 bridgehead atoms. The van der Waals surface area contributed by atoms with Crippen molar-refractivity contribution in [3.63, 3.8) is 0 Å². The molecule has 1 aliphatic heterocycles. The van der Waals surface area contributed by atoms with Crippen molar-refractivity contribution in [3.05, 3.63) is 39.9 Å². The van der Waals surface area contributed by atoms with Gasteiger partial charge < -0.3 is 9.94 Å².